The molecule has 1 aromatic heterocycles. The fourth-order valence-corrected chi connectivity index (χ4v) is 1.78. The maximum atomic E-state index is 12.8. The van der Waals surface area contributed by atoms with Crippen molar-refractivity contribution < 1.29 is 9.18 Å². The van der Waals surface area contributed by atoms with Gasteiger partial charge in [-0.15, -0.1) is 0 Å². The second kappa shape index (κ2) is 4.87. The molecule has 0 saturated heterocycles. The van der Waals surface area contributed by atoms with Crippen molar-refractivity contribution >= 4 is 6.29 Å². The lowest BCUT2D eigenvalue weighted by molar-refractivity contribution is -0.108. The van der Waals surface area contributed by atoms with Gasteiger partial charge in [0.1, 0.15) is 12.1 Å². The van der Waals surface area contributed by atoms with Gasteiger partial charge in [-0.1, -0.05) is 12.1 Å². The zero-order chi connectivity index (χ0) is 12.3. The lowest BCUT2D eigenvalue weighted by Gasteiger charge is -2.11. The summed E-state index contributed by atoms with van der Waals surface area (Å²) in [6, 6.07) is 9.64. The van der Waals surface area contributed by atoms with Crippen LogP contribution in [0.3, 0.4) is 0 Å². The van der Waals surface area contributed by atoms with Gasteiger partial charge in [0, 0.05) is 11.9 Å². The van der Waals surface area contributed by atoms with Crippen LogP contribution in [0.15, 0.2) is 42.6 Å². The summed E-state index contributed by atoms with van der Waals surface area (Å²) in [5.74, 6) is -0.665. The topological polar surface area (TPSA) is 30.0 Å². The van der Waals surface area contributed by atoms with Gasteiger partial charge in [-0.3, -0.25) is 4.98 Å². The number of halogens is 1. The molecule has 1 aromatic carbocycles. The summed E-state index contributed by atoms with van der Waals surface area (Å²) in [5, 5.41) is 0. The summed E-state index contributed by atoms with van der Waals surface area (Å²) in [4.78, 5) is 15.3. The molecule has 2 aromatic rings. The lowest BCUT2D eigenvalue weighted by atomic mass is 9.93. The van der Waals surface area contributed by atoms with Crippen molar-refractivity contribution in [1.82, 2.24) is 4.98 Å². The Morgan fingerprint density at radius 2 is 1.88 bits per heavy atom. The van der Waals surface area contributed by atoms with E-state index in [1.165, 1.54) is 12.1 Å². The van der Waals surface area contributed by atoms with E-state index in [2.05, 4.69) is 4.98 Å². The first-order chi connectivity index (χ1) is 8.20. The first kappa shape index (κ1) is 11.5. The number of hydrogen-bond donors (Lipinski definition) is 0. The number of benzene rings is 1. The van der Waals surface area contributed by atoms with Crippen LogP contribution in [-0.4, -0.2) is 11.3 Å². The number of carbonyl (C=O) groups excluding carboxylic acids is 1. The Morgan fingerprint density at radius 1 is 1.18 bits per heavy atom. The Hall–Kier alpha value is -2.03. The van der Waals surface area contributed by atoms with Gasteiger partial charge in [0.05, 0.1) is 5.92 Å². The van der Waals surface area contributed by atoms with Gasteiger partial charge in [0.25, 0.3) is 0 Å². The predicted octanol–water partition coefficient (Wildman–Crippen LogP) is 2.86. The Kier molecular flexibility index (Phi) is 3.28. The van der Waals surface area contributed by atoms with E-state index in [1.54, 1.807) is 24.4 Å². The van der Waals surface area contributed by atoms with Crippen LogP contribution in [0.4, 0.5) is 4.39 Å². The van der Waals surface area contributed by atoms with Gasteiger partial charge >= 0.3 is 0 Å². The van der Waals surface area contributed by atoms with E-state index in [-0.39, 0.29) is 11.7 Å². The maximum Gasteiger partial charge on any atom is 0.131 e. The first-order valence-corrected chi connectivity index (χ1v) is 5.34. The largest absolute Gasteiger partial charge is 0.302 e. The quantitative estimate of drug-likeness (QED) is 0.757. The highest BCUT2D eigenvalue weighted by atomic mass is 19.1. The summed E-state index contributed by atoms with van der Waals surface area (Å²) in [5.41, 5.74) is 2.52. The van der Waals surface area contributed by atoms with Crippen molar-refractivity contribution in [2.75, 3.05) is 0 Å². The molecule has 1 unspecified atom stereocenters. The highest BCUT2D eigenvalue weighted by Crippen LogP contribution is 2.22. The lowest BCUT2D eigenvalue weighted by Crippen LogP contribution is -2.03. The molecule has 0 spiro atoms. The molecule has 0 aliphatic carbocycles. The van der Waals surface area contributed by atoms with E-state index in [1.807, 2.05) is 13.0 Å². The van der Waals surface area contributed by atoms with Crippen LogP contribution in [0, 0.1) is 12.7 Å². The summed E-state index contributed by atoms with van der Waals surface area (Å²) < 4.78 is 12.8. The van der Waals surface area contributed by atoms with Gasteiger partial charge < -0.3 is 4.79 Å². The average molecular weight is 229 g/mol. The molecule has 0 radical (unpaired) electrons. The minimum absolute atomic E-state index is 0.302. The second-order valence-corrected chi connectivity index (χ2v) is 3.90. The Morgan fingerprint density at radius 3 is 2.47 bits per heavy atom. The van der Waals surface area contributed by atoms with E-state index in [4.69, 9.17) is 0 Å². The number of aldehydes is 1. The zero-order valence-corrected chi connectivity index (χ0v) is 9.43. The monoisotopic (exact) mass is 229 g/mol. The number of nitrogens with zero attached hydrogens (tertiary/aromatic N) is 1. The molecular weight excluding hydrogens is 217 g/mol. The molecule has 0 saturated carbocycles. The Labute approximate surface area is 99.1 Å². The van der Waals surface area contributed by atoms with Crippen molar-refractivity contribution in [1.29, 1.82) is 0 Å². The molecule has 0 N–H and O–H groups in total. The highest BCUT2D eigenvalue weighted by Gasteiger charge is 2.13. The number of pyridine rings is 1. The molecule has 1 heterocycles. The molecule has 0 bridgehead atoms. The number of rotatable bonds is 3. The van der Waals surface area contributed by atoms with E-state index in [0.29, 0.717) is 0 Å². The van der Waals surface area contributed by atoms with Crippen LogP contribution in [0.25, 0.3) is 0 Å². The van der Waals surface area contributed by atoms with Gasteiger partial charge in [0.2, 0.25) is 0 Å². The van der Waals surface area contributed by atoms with E-state index >= 15 is 0 Å². The van der Waals surface area contributed by atoms with Crippen molar-refractivity contribution in [3.05, 3.63) is 65.2 Å². The first-order valence-electron chi connectivity index (χ1n) is 5.34. The van der Waals surface area contributed by atoms with Crippen LogP contribution < -0.4 is 0 Å². The minimum Gasteiger partial charge on any atom is -0.302 e. The van der Waals surface area contributed by atoms with Gasteiger partial charge in [-0.05, 0) is 42.3 Å². The number of hydrogen-bond acceptors (Lipinski definition) is 2. The minimum atomic E-state index is -0.364. The molecule has 17 heavy (non-hydrogen) atoms. The molecule has 2 nitrogen and oxygen atoms in total. The fourth-order valence-electron chi connectivity index (χ4n) is 1.78. The van der Waals surface area contributed by atoms with E-state index in [0.717, 1.165) is 23.1 Å². The summed E-state index contributed by atoms with van der Waals surface area (Å²) >= 11 is 0. The Bertz CT molecular complexity index is 522. The summed E-state index contributed by atoms with van der Waals surface area (Å²) in [6.45, 7) is 1.87. The normalized spacial score (nSPS) is 12.1. The molecule has 0 amide bonds. The van der Waals surface area contributed by atoms with Gasteiger partial charge in [-0.25, -0.2) is 4.39 Å². The van der Waals surface area contributed by atoms with Crippen molar-refractivity contribution in [3.8, 4) is 0 Å². The molecule has 0 aliphatic heterocycles. The van der Waals surface area contributed by atoms with Crippen molar-refractivity contribution in [2.24, 2.45) is 0 Å². The highest BCUT2D eigenvalue weighted by molar-refractivity contribution is 5.68. The molecule has 3 heteroatoms. The predicted molar refractivity (Wildman–Crippen MR) is 63.3 cm³/mol. The smallest absolute Gasteiger partial charge is 0.131 e. The van der Waals surface area contributed by atoms with Crippen LogP contribution in [0.2, 0.25) is 0 Å². The van der Waals surface area contributed by atoms with Gasteiger partial charge in [-0.2, -0.15) is 0 Å². The third-order valence-electron chi connectivity index (χ3n) is 2.65. The summed E-state index contributed by atoms with van der Waals surface area (Å²) in [6.07, 6.45) is 2.53. The van der Waals surface area contributed by atoms with E-state index in [9.17, 15) is 9.18 Å². The molecule has 0 aliphatic rings. The van der Waals surface area contributed by atoms with Crippen LogP contribution in [-0.2, 0) is 4.79 Å². The van der Waals surface area contributed by atoms with Crippen LogP contribution in [0.5, 0.6) is 0 Å². The third kappa shape index (κ3) is 2.56. The van der Waals surface area contributed by atoms with Gasteiger partial charge in [0.15, 0.2) is 0 Å². The standard InChI is InChI=1S/C14H12FNO/c1-10-8-12(6-7-16-10)14(9-17)11-2-4-13(15)5-3-11/h2-9,14H,1H3. The Balaban J connectivity index is 2.40. The van der Waals surface area contributed by atoms with E-state index < -0.39 is 0 Å². The number of carbonyl (C=O) groups is 1. The van der Waals surface area contributed by atoms with Crippen molar-refractivity contribution in [3.63, 3.8) is 0 Å². The average Bonchev–Trinajstić information content (AvgIpc) is 2.33. The molecular formula is C14H12FNO. The second-order valence-electron chi connectivity index (χ2n) is 3.90. The number of aromatic nitrogens is 1. The maximum absolute atomic E-state index is 12.8. The molecule has 86 valence electrons. The third-order valence-corrected chi connectivity index (χ3v) is 2.65. The zero-order valence-electron chi connectivity index (χ0n) is 9.43. The number of aryl methyl sites for hydroxylation is 1. The molecule has 0 fully saturated rings. The van der Waals surface area contributed by atoms with Crippen LogP contribution in [0.1, 0.15) is 22.7 Å². The van der Waals surface area contributed by atoms with Crippen LogP contribution >= 0.6 is 0 Å². The molecule has 1 atom stereocenters. The van der Waals surface area contributed by atoms with Crippen molar-refractivity contribution in [2.45, 2.75) is 12.8 Å². The molecule has 2 rings (SSSR count). The fraction of sp³-hybridized carbons (Fsp3) is 0.143. The SMILES string of the molecule is Cc1cc(C(C=O)c2ccc(F)cc2)ccn1. The summed E-state index contributed by atoms with van der Waals surface area (Å²) in [7, 11) is 0.